The van der Waals surface area contributed by atoms with Crippen LogP contribution < -0.4 is 14.4 Å². The number of fused-ring (bicyclic) bond motifs is 1. The number of rotatable bonds is 5. The van der Waals surface area contributed by atoms with Crippen LogP contribution in [0.15, 0.2) is 48.5 Å². The monoisotopic (exact) mass is 410 g/mol. The molecule has 0 aromatic heterocycles. The summed E-state index contributed by atoms with van der Waals surface area (Å²) in [6.07, 6.45) is 0.523. The van der Waals surface area contributed by atoms with E-state index in [1.54, 1.807) is 7.11 Å². The van der Waals surface area contributed by atoms with Crippen LogP contribution >= 0.6 is 0 Å². The number of benzene rings is 2. The van der Waals surface area contributed by atoms with E-state index in [0.717, 1.165) is 12.1 Å². The Labute approximate surface area is 178 Å². The Morgan fingerprint density at radius 2 is 1.73 bits per heavy atom. The molecule has 1 amide bonds. The molecule has 2 aromatic carbocycles. The fourth-order valence-electron chi connectivity index (χ4n) is 4.66. The van der Waals surface area contributed by atoms with Crippen molar-refractivity contribution in [2.75, 3.05) is 39.2 Å². The summed E-state index contributed by atoms with van der Waals surface area (Å²) < 4.78 is 11.5. The fraction of sp³-hybridized carbons (Fsp3) is 0.458. The van der Waals surface area contributed by atoms with Gasteiger partial charge >= 0.3 is 0 Å². The lowest BCUT2D eigenvalue weighted by Crippen LogP contribution is -2.42. The quantitative estimate of drug-likeness (QED) is 0.821. The van der Waals surface area contributed by atoms with E-state index in [1.807, 2.05) is 72.4 Å². The van der Waals surface area contributed by atoms with Crippen molar-refractivity contribution in [1.29, 1.82) is 0 Å². The predicted octanol–water partition coefficient (Wildman–Crippen LogP) is 3.05. The second-order valence-corrected chi connectivity index (χ2v) is 8.52. The first-order chi connectivity index (χ1) is 14.5. The standard InChI is InChI=1S/C24H30N2O4/c1-25(2)19-8-6-7-16(11-19)24(28)26-14-17-12-20(27)23(13-18(17)15-26)30-22-10-5-4-9-21(22)29-3/h4-11,17-18,20,23,27H,12-15H2,1-3H3/t17-,18+,20+,23+/m0/s1. The molecule has 0 radical (unpaired) electrons. The number of amides is 1. The highest BCUT2D eigenvalue weighted by molar-refractivity contribution is 5.95. The Hall–Kier alpha value is -2.73. The summed E-state index contributed by atoms with van der Waals surface area (Å²) >= 11 is 0. The largest absolute Gasteiger partial charge is 0.493 e. The Kier molecular flexibility index (Phi) is 5.86. The molecule has 1 aliphatic carbocycles. The number of ether oxygens (including phenoxy) is 2. The maximum atomic E-state index is 13.1. The molecule has 4 atom stereocenters. The first-order valence-corrected chi connectivity index (χ1v) is 10.5. The second-order valence-electron chi connectivity index (χ2n) is 8.52. The zero-order chi connectivity index (χ0) is 21.3. The van der Waals surface area contributed by atoms with Crippen LogP contribution in [0.3, 0.4) is 0 Å². The first-order valence-electron chi connectivity index (χ1n) is 10.5. The summed E-state index contributed by atoms with van der Waals surface area (Å²) in [4.78, 5) is 17.0. The average molecular weight is 411 g/mol. The molecule has 0 unspecified atom stereocenters. The molecule has 1 saturated carbocycles. The van der Waals surface area contributed by atoms with E-state index in [0.29, 0.717) is 48.4 Å². The summed E-state index contributed by atoms with van der Waals surface area (Å²) in [7, 11) is 5.55. The maximum Gasteiger partial charge on any atom is 0.253 e. The number of hydrogen-bond acceptors (Lipinski definition) is 5. The van der Waals surface area contributed by atoms with Gasteiger partial charge in [-0.1, -0.05) is 18.2 Å². The van der Waals surface area contributed by atoms with Crippen molar-refractivity contribution < 1.29 is 19.4 Å². The second kappa shape index (κ2) is 8.56. The zero-order valence-corrected chi connectivity index (χ0v) is 17.8. The Bertz CT molecular complexity index is 900. The molecule has 1 aliphatic heterocycles. The van der Waals surface area contributed by atoms with Gasteiger partial charge in [0.25, 0.3) is 5.91 Å². The molecule has 0 bridgehead atoms. The molecule has 2 aromatic rings. The third kappa shape index (κ3) is 4.10. The van der Waals surface area contributed by atoms with Gasteiger partial charge in [0.15, 0.2) is 11.5 Å². The summed E-state index contributed by atoms with van der Waals surface area (Å²) in [5.41, 5.74) is 1.72. The third-order valence-electron chi connectivity index (χ3n) is 6.33. The highest BCUT2D eigenvalue weighted by Crippen LogP contribution is 2.39. The minimum Gasteiger partial charge on any atom is -0.493 e. The van der Waals surface area contributed by atoms with Gasteiger partial charge in [-0.05, 0) is 55.0 Å². The average Bonchev–Trinajstić information content (AvgIpc) is 3.16. The number of carbonyl (C=O) groups is 1. The summed E-state index contributed by atoms with van der Waals surface area (Å²) in [5.74, 6) is 2.00. The number of carbonyl (C=O) groups excluding carboxylic acids is 1. The van der Waals surface area contributed by atoms with Gasteiger partial charge in [0.2, 0.25) is 0 Å². The smallest absolute Gasteiger partial charge is 0.253 e. The van der Waals surface area contributed by atoms with Crippen LogP contribution in [0.1, 0.15) is 23.2 Å². The maximum absolute atomic E-state index is 13.1. The minimum atomic E-state index is -0.553. The van der Waals surface area contributed by atoms with Crippen LogP contribution in [0.25, 0.3) is 0 Å². The molecule has 0 spiro atoms. The molecule has 1 heterocycles. The number of nitrogens with zero attached hydrogens (tertiary/aromatic N) is 2. The molecule has 4 rings (SSSR count). The molecule has 160 valence electrons. The molecule has 6 heteroatoms. The Balaban J connectivity index is 1.44. The fourth-order valence-corrected chi connectivity index (χ4v) is 4.66. The minimum absolute atomic E-state index is 0.0600. The SMILES string of the molecule is COc1ccccc1O[C@@H]1C[C@@H]2CN(C(=O)c3cccc(N(C)C)c3)C[C@@H]2C[C@H]1O. The van der Waals surface area contributed by atoms with E-state index in [1.165, 1.54) is 0 Å². The third-order valence-corrected chi connectivity index (χ3v) is 6.33. The Morgan fingerprint density at radius 3 is 2.43 bits per heavy atom. The zero-order valence-electron chi connectivity index (χ0n) is 17.8. The summed E-state index contributed by atoms with van der Waals surface area (Å²) in [5, 5.41) is 10.7. The van der Waals surface area contributed by atoms with Gasteiger partial charge in [-0.2, -0.15) is 0 Å². The van der Waals surface area contributed by atoms with Gasteiger partial charge in [-0.3, -0.25) is 4.79 Å². The lowest BCUT2D eigenvalue weighted by Gasteiger charge is -2.35. The van der Waals surface area contributed by atoms with Gasteiger partial charge in [0.1, 0.15) is 6.10 Å². The number of aliphatic hydroxyl groups excluding tert-OH is 1. The van der Waals surface area contributed by atoms with E-state index in [2.05, 4.69) is 0 Å². The number of methoxy groups -OCH3 is 1. The number of aliphatic hydroxyl groups is 1. The number of para-hydroxylation sites is 2. The molecular weight excluding hydrogens is 380 g/mol. The van der Waals surface area contributed by atoms with Gasteiger partial charge in [0.05, 0.1) is 13.2 Å². The van der Waals surface area contributed by atoms with Crippen molar-refractivity contribution in [3.8, 4) is 11.5 Å². The topological polar surface area (TPSA) is 62.2 Å². The molecule has 2 aliphatic rings. The van der Waals surface area contributed by atoms with Crippen molar-refractivity contribution >= 4 is 11.6 Å². The van der Waals surface area contributed by atoms with Gasteiger partial charge in [-0.25, -0.2) is 0 Å². The van der Waals surface area contributed by atoms with E-state index < -0.39 is 6.10 Å². The summed E-state index contributed by atoms with van der Waals surface area (Å²) in [6.45, 7) is 1.39. The molecule has 6 nitrogen and oxygen atoms in total. The molecule has 1 saturated heterocycles. The van der Waals surface area contributed by atoms with E-state index in [9.17, 15) is 9.90 Å². The number of anilines is 1. The van der Waals surface area contributed by atoms with E-state index in [4.69, 9.17) is 9.47 Å². The number of likely N-dealkylation sites (tertiary alicyclic amines) is 1. The van der Waals surface area contributed by atoms with Crippen LogP contribution in [0.5, 0.6) is 11.5 Å². The van der Waals surface area contributed by atoms with Crippen LogP contribution in [0.4, 0.5) is 5.69 Å². The highest BCUT2D eigenvalue weighted by Gasteiger charge is 2.44. The Morgan fingerprint density at radius 1 is 1.03 bits per heavy atom. The van der Waals surface area contributed by atoms with Crippen LogP contribution in [0, 0.1) is 11.8 Å². The van der Waals surface area contributed by atoms with E-state index >= 15 is 0 Å². The van der Waals surface area contributed by atoms with Gasteiger partial charge in [-0.15, -0.1) is 0 Å². The molecular formula is C24H30N2O4. The molecule has 2 fully saturated rings. The van der Waals surface area contributed by atoms with Crippen molar-refractivity contribution in [2.45, 2.75) is 25.0 Å². The van der Waals surface area contributed by atoms with Crippen LogP contribution in [0.2, 0.25) is 0 Å². The van der Waals surface area contributed by atoms with Crippen molar-refractivity contribution in [3.05, 3.63) is 54.1 Å². The van der Waals surface area contributed by atoms with Crippen LogP contribution in [-0.2, 0) is 0 Å². The van der Waals surface area contributed by atoms with Gasteiger partial charge in [0, 0.05) is 38.4 Å². The first kappa shape index (κ1) is 20.5. The highest BCUT2D eigenvalue weighted by atomic mass is 16.5. The predicted molar refractivity (Wildman–Crippen MR) is 116 cm³/mol. The van der Waals surface area contributed by atoms with Crippen LogP contribution in [-0.4, -0.2) is 62.4 Å². The lowest BCUT2D eigenvalue weighted by molar-refractivity contribution is -0.0240. The normalized spacial score (nSPS) is 25.5. The van der Waals surface area contributed by atoms with E-state index in [-0.39, 0.29) is 12.0 Å². The number of hydrogen-bond donors (Lipinski definition) is 1. The summed E-state index contributed by atoms with van der Waals surface area (Å²) in [6, 6.07) is 15.2. The lowest BCUT2D eigenvalue weighted by atomic mass is 9.78. The molecule has 30 heavy (non-hydrogen) atoms. The van der Waals surface area contributed by atoms with Crippen molar-refractivity contribution in [1.82, 2.24) is 4.90 Å². The van der Waals surface area contributed by atoms with Crippen molar-refractivity contribution in [3.63, 3.8) is 0 Å². The van der Waals surface area contributed by atoms with Gasteiger partial charge < -0.3 is 24.4 Å². The molecule has 1 N–H and O–H groups in total. The van der Waals surface area contributed by atoms with Crippen molar-refractivity contribution in [2.24, 2.45) is 11.8 Å².